The van der Waals surface area contributed by atoms with Gasteiger partial charge < -0.3 is 19.4 Å². The molecule has 1 aliphatic rings. The van der Waals surface area contributed by atoms with Crippen LogP contribution in [0.5, 0.6) is 0 Å². The van der Waals surface area contributed by atoms with E-state index in [1.54, 1.807) is 6.26 Å². The first-order valence-corrected chi connectivity index (χ1v) is 12.9. The summed E-state index contributed by atoms with van der Waals surface area (Å²) < 4.78 is 11.0. The van der Waals surface area contributed by atoms with Crippen molar-refractivity contribution in [1.29, 1.82) is 0 Å². The van der Waals surface area contributed by atoms with Gasteiger partial charge in [-0.1, -0.05) is 35.9 Å². The quantitative estimate of drug-likeness (QED) is 0.332. The number of anilines is 1. The van der Waals surface area contributed by atoms with Crippen molar-refractivity contribution in [3.8, 4) is 11.4 Å². The molecule has 0 saturated carbocycles. The molecule has 1 saturated heterocycles. The molecule has 2 aromatic heterocycles. The number of nitrogens with one attached hydrogen (secondary N) is 1. The molecule has 9 heteroatoms. The van der Waals surface area contributed by atoms with Gasteiger partial charge in [0, 0.05) is 50.1 Å². The van der Waals surface area contributed by atoms with Crippen molar-refractivity contribution >= 4 is 34.2 Å². The van der Waals surface area contributed by atoms with Crippen LogP contribution in [0.1, 0.15) is 12.2 Å². The SMILES string of the molecule is O=C(CCN(Cc1ccco1)c1nc(-c2ccccc2Cl)nc2ccccc12)NCCN1CCOCC1. The number of aromatic nitrogens is 2. The number of morpholine rings is 1. The molecule has 2 aromatic carbocycles. The number of benzene rings is 2. The minimum absolute atomic E-state index is 0.00222. The van der Waals surface area contributed by atoms with Gasteiger partial charge in [-0.05, 0) is 36.4 Å². The summed E-state index contributed by atoms with van der Waals surface area (Å²) in [5.74, 6) is 2.06. The molecule has 0 bridgehead atoms. The monoisotopic (exact) mass is 519 g/mol. The number of rotatable bonds is 10. The van der Waals surface area contributed by atoms with Crippen molar-refractivity contribution in [2.24, 2.45) is 0 Å². The Morgan fingerprint density at radius 2 is 1.84 bits per heavy atom. The van der Waals surface area contributed by atoms with Crippen LogP contribution in [0.25, 0.3) is 22.3 Å². The molecule has 1 amide bonds. The maximum Gasteiger partial charge on any atom is 0.221 e. The zero-order chi connectivity index (χ0) is 25.5. The molecule has 192 valence electrons. The molecule has 0 aliphatic carbocycles. The Balaban J connectivity index is 1.37. The number of nitrogens with zero attached hydrogens (tertiary/aromatic N) is 4. The van der Waals surface area contributed by atoms with Crippen molar-refractivity contribution in [3.05, 3.63) is 77.7 Å². The van der Waals surface area contributed by atoms with Gasteiger partial charge in [0.15, 0.2) is 5.82 Å². The van der Waals surface area contributed by atoms with Gasteiger partial charge in [0.05, 0.1) is 36.6 Å². The van der Waals surface area contributed by atoms with Crippen LogP contribution in [0.3, 0.4) is 0 Å². The highest BCUT2D eigenvalue weighted by Gasteiger charge is 2.19. The van der Waals surface area contributed by atoms with E-state index in [4.69, 9.17) is 30.7 Å². The second kappa shape index (κ2) is 12.2. The van der Waals surface area contributed by atoms with Crippen molar-refractivity contribution in [2.45, 2.75) is 13.0 Å². The van der Waals surface area contributed by atoms with Crippen LogP contribution in [-0.4, -0.2) is 66.7 Å². The minimum atomic E-state index is 0.00222. The summed E-state index contributed by atoms with van der Waals surface area (Å²) in [6, 6.07) is 19.2. The van der Waals surface area contributed by atoms with E-state index < -0.39 is 0 Å². The van der Waals surface area contributed by atoms with Crippen LogP contribution in [0.15, 0.2) is 71.3 Å². The molecule has 1 N–H and O–H groups in total. The van der Waals surface area contributed by atoms with Crippen LogP contribution in [0.4, 0.5) is 5.82 Å². The number of amides is 1. The van der Waals surface area contributed by atoms with E-state index in [1.165, 1.54) is 0 Å². The Hall–Kier alpha value is -3.46. The van der Waals surface area contributed by atoms with Gasteiger partial charge in [-0.15, -0.1) is 0 Å². The van der Waals surface area contributed by atoms with Gasteiger partial charge in [0.1, 0.15) is 11.6 Å². The maximum absolute atomic E-state index is 12.8. The summed E-state index contributed by atoms with van der Waals surface area (Å²) in [5, 5.41) is 4.54. The molecule has 3 heterocycles. The van der Waals surface area contributed by atoms with Crippen molar-refractivity contribution in [1.82, 2.24) is 20.2 Å². The lowest BCUT2D eigenvalue weighted by molar-refractivity contribution is -0.121. The van der Waals surface area contributed by atoms with E-state index in [2.05, 4.69) is 15.1 Å². The molecular weight excluding hydrogens is 490 g/mol. The largest absolute Gasteiger partial charge is 0.467 e. The van der Waals surface area contributed by atoms with Crippen LogP contribution in [-0.2, 0) is 16.1 Å². The summed E-state index contributed by atoms with van der Waals surface area (Å²) >= 11 is 6.49. The molecule has 0 unspecified atom stereocenters. The third-order valence-corrected chi connectivity index (χ3v) is 6.72. The predicted molar refractivity (Wildman–Crippen MR) is 145 cm³/mol. The average Bonchev–Trinajstić information content (AvgIpc) is 3.45. The molecule has 4 aromatic rings. The van der Waals surface area contributed by atoms with Crippen molar-refractivity contribution < 1.29 is 13.9 Å². The predicted octanol–water partition coefficient (Wildman–Crippen LogP) is 4.39. The van der Waals surface area contributed by atoms with Crippen LogP contribution < -0.4 is 10.2 Å². The second-order valence-electron chi connectivity index (χ2n) is 8.92. The smallest absolute Gasteiger partial charge is 0.221 e. The summed E-state index contributed by atoms with van der Waals surface area (Å²) in [5.41, 5.74) is 1.57. The third kappa shape index (κ3) is 6.46. The lowest BCUT2D eigenvalue weighted by atomic mass is 10.1. The molecule has 1 fully saturated rings. The van der Waals surface area contributed by atoms with E-state index in [9.17, 15) is 4.79 Å². The number of hydrogen-bond donors (Lipinski definition) is 1. The summed E-state index contributed by atoms with van der Waals surface area (Å²) in [7, 11) is 0. The molecule has 0 spiro atoms. The molecule has 8 nitrogen and oxygen atoms in total. The summed E-state index contributed by atoms with van der Waals surface area (Å²) in [4.78, 5) is 26.9. The maximum atomic E-state index is 12.8. The first kappa shape index (κ1) is 25.2. The number of hydrogen-bond acceptors (Lipinski definition) is 7. The first-order chi connectivity index (χ1) is 18.2. The Kier molecular flexibility index (Phi) is 8.30. The van der Waals surface area contributed by atoms with E-state index in [0.717, 1.165) is 60.9 Å². The highest BCUT2D eigenvalue weighted by molar-refractivity contribution is 6.33. The fourth-order valence-corrected chi connectivity index (χ4v) is 4.64. The van der Waals surface area contributed by atoms with E-state index in [0.29, 0.717) is 36.9 Å². The third-order valence-electron chi connectivity index (χ3n) is 6.39. The lowest BCUT2D eigenvalue weighted by Crippen LogP contribution is -2.41. The Labute approximate surface area is 221 Å². The van der Waals surface area contributed by atoms with Gasteiger partial charge in [0.25, 0.3) is 0 Å². The number of para-hydroxylation sites is 1. The van der Waals surface area contributed by atoms with E-state index >= 15 is 0 Å². The zero-order valence-corrected chi connectivity index (χ0v) is 21.4. The van der Waals surface area contributed by atoms with Crippen molar-refractivity contribution in [2.75, 3.05) is 50.8 Å². The second-order valence-corrected chi connectivity index (χ2v) is 9.33. The number of carbonyl (C=O) groups is 1. The van der Waals surface area contributed by atoms with Crippen LogP contribution >= 0.6 is 11.6 Å². The average molecular weight is 520 g/mol. The highest BCUT2D eigenvalue weighted by atomic mass is 35.5. The van der Waals surface area contributed by atoms with E-state index in [1.807, 2.05) is 60.7 Å². The molecule has 5 rings (SSSR count). The number of carbonyl (C=O) groups excluding carboxylic acids is 1. The summed E-state index contributed by atoms with van der Waals surface area (Å²) in [6.07, 6.45) is 1.97. The molecular formula is C28H30ClN5O3. The van der Waals surface area contributed by atoms with Gasteiger partial charge in [0.2, 0.25) is 5.91 Å². The topological polar surface area (TPSA) is 83.7 Å². The fraction of sp³-hybridized carbons (Fsp3) is 0.321. The Morgan fingerprint density at radius 3 is 2.65 bits per heavy atom. The normalized spacial score (nSPS) is 14.1. The van der Waals surface area contributed by atoms with Gasteiger partial charge in [-0.2, -0.15) is 0 Å². The Bertz CT molecular complexity index is 1320. The highest BCUT2D eigenvalue weighted by Crippen LogP contribution is 2.31. The van der Waals surface area contributed by atoms with E-state index in [-0.39, 0.29) is 5.91 Å². The standard InChI is InChI=1S/C28H30ClN5O3/c29-24-9-3-1-7-22(24)27-31-25-10-4-2-8-23(25)28(32-27)34(20-21-6-5-17-37-21)13-11-26(35)30-12-14-33-15-18-36-19-16-33/h1-10,17H,11-16,18-20H2,(H,30,35). The number of fused-ring (bicyclic) bond motifs is 1. The zero-order valence-electron chi connectivity index (χ0n) is 20.6. The van der Waals surface area contributed by atoms with Crippen LogP contribution in [0.2, 0.25) is 5.02 Å². The summed E-state index contributed by atoms with van der Waals surface area (Å²) in [6.45, 7) is 5.68. The molecule has 37 heavy (non-hydrogen) atoms. The minimum Gasteiger partial charge on any atom is -0.467 e. The molecule has 0 atom stereocenters. The van der Waals surface area contributed by atoms with Gasteiger partial charge >= 0.3 is 0 Å². The lowest BCUT2D eigenvalue weighted by Gasteiger charge is -2.27. The molecule has 1 aliphatic heterocycles. The van der Waals surface area contributed by atoms with Gasteiger partial charge in [-0.25, -0.2) is 9.97 Å². The van der Waals surface area contributed by atoms with Gasteiger partial charge in [-0.3, -0.25) is 9.69 Å². The van der Waals surface area contributed by atoms with Crippen LogP contribution in [0, 0.1) is 0 Å². The van der Waals surface area contributed by atoms with Crippen molar-refractivity contribution in [3.63, 3.8) is 0 Å². The fourth-order valence-electron chi connectivity index (χ4n) is 4.42. The Morgan fingerprint density at radius 1 is 1.03 bits per heavy atom. The first-order valence-electron chi connectivity index (χ1n) is 12.5. The number of ether oxygens (including phenoxy) is 1. The molecule has 0 radical (unpaired) electrons. The number of halogens is 1. The number of furan rings is 1.